The molecule has 0 unspecified atom stereocenters. The highest BCUT2D eigenvalue weighted by atomic mass is 32.1. The van der Waals surface area contributed by atoms with Gasteiger partial charge in [-0.05, 0) is 32.7 Å². The number of nitrogens with zero attached hydrogens (tertiary/aromatic N) is 2. The number of aromatic nitrogens is 1. The molecule has 122 valence electrons. The van der Waals surface area contributed by atoms with Crippen molar-refractivity contribution in [2.45, 2.75) is 59.5 Å². The van der Waals surface area contributed by atoms with Crippen molar-refractivity contribution in [3.63, 3.8) is 0 Å². The Kier molecular flexibility index (Phi) is 8.88. The molecule has 0 amide bonds. The molecule has 0 atom stereocenters. The summed E-state index contributed by atoms with van der Waals surface area (Å²) in [5.41, 5.74) is 1.16. The van der Waals surface area contributed by atoms with Gasteiger partial charge >= 0.3 is 0 Å². The summed E-state index contributed by atoms with van der Waals surface area (Å²) < 4.78 is 5.27. The molecule has 1 rings (SSSR count). The van der Waals surface area contributed by atoms with Crippen LogP contribution in [-0.4, -0.2) is 37.8 Å². The second kappa shape index (κ2) is 10.1. The third-order valence-corrected chi connectivity index (χ3v) is 4.95. The Labute approximate surface area is 133 Å². The van der Waals surface area contributed by atoms with Crippen LogP contribution < -0.4 is 10.2 Å². The lowest BCUT2D eigenvalue weighted by Crippen LogP contribution is -2.37. The Morgan fingerprint density at radius 2 is 2.00 bits per heavy atom. The first-order chi connectivity index (χ1) is 10.2. The van der Waals surface area contributed by atoms with Crippen molar-refractivity contribution in [3.8, 4) is 0 Å². The zero-order chi connectivity index (χ0) is 15.7. The van der Waals surface area contributed by atoms with Crippen molar-refractivity contribution in [1.29, 1.82) is 0 Å². The van der Waals surface area contributed by atoms with Gasteiger partial charge in [0.05, 0.1) is 12.3 Å². The van der Waals surface area contributed by atoms with Gasteiger partial charge in [0.2, 0.25) is 0 Å². The number of aryl methyl sites for hydroxylation is 1. The first kappa shape index (κ1) is 18.4. The molecule has 0 aliphatic rings. The summed E-state index contributed by atoms with van der Waals surface area (Å²) in [6.45, 7) is 12.5. The molecule has 1 heterocycles. The van der Waals surface area contributed by atoms with Crippen molar-refractivity contribution in [2.24, 2.45) is 0 Å². The smallest absolute Gasteiger partial charge is 0.186 e. The molecule has 0 bridgehead atoms. The molecule has 0 saturated carbocycles. The summed E-state index contributed by atoms with van der Waals surface area (Å²) in [6, 6.07) is 0.544. The van der Waals surface area contributed by atoms with Crippen LogP contribution in [0.15, 0.2) is 0 Å². The van der Waals surface area contributed by atoms with E-state index >= 15 is 0 Å². The van der Waals surface area contributed by atoms with Gasteiger partial charge in [-0.2, -0.15) is 0 Å². The molecule has 0 spiro atoms. The van der Waals surface area contributed by atoms with Gasteiger partial charge in [0.25, 0.3) is 0 Å². The molecule has 4 nitrogen and oxygen atoms in total. The summed E-state index contributed by atoms with van der Waals surface area (Å²) in [6.07, 6.45) is 3.45. The summed E-state index contributed by atoms with van der Waals surface area (Å²) in [5.74, 6) is 0. The van der Waals surface area contributed by atoms with Gasteiger partial charge in [-0.15, -0.1) is 11.3 Å². The monoisotopic (exact) mass is 313 g/mol. The predicted molar refractivity (Wildman–Crippen MR) is 92.4 cm³/mol. The number of rotatable bonds is 11. The molecule has 1 N–H and O–H groups in total. The highest BCUT2D eigenvalue weighted by Crippen LogP contribution is 2.28. The van der Waals surface area contributed by atoms with E-state index in [1.807, 2.05) is 11.3 Å². The molecule has 0 saturated heterocycles. The molecular weight excluding hydrogens is 282 g/mol. The van der Waals surface area contributed by atoms with Gasteiger partial charge in [0.15, 0.2) is 5.13 Å². The normalized spacial score (nSPS) is 11.3. The summed E-state index contributed by atoms with van der Waals surface area (Å²) in [5, 5.41) is 4.62. The van der Waals surface area contributed by atoms with E-state index in [9.17, 15) is 0 Å². The van der Waals surface area contributed by atoms with Crippen LogP contribution in [0, 0.1) is 6.92 Å². The van der Waals surface area contributed by atoms with E-state index in [0.29, 0.717) is 6.04 Å². The first-order valence-electron chi connectivity index (χ1n) is 8.10. The van der Waals surface area contributed by atoms with Gasteiger partial charge in [-0.25, -0.2) is 4.98 Å². The highest BCUT2D eigenvalue weighted by molar-refractivity contribution is 7.15. The summed E-state index contributed by atoms with van der Waals surface area (Å²) in [7, 11) is 1.76. The van der Waals surface area contributed by atoms with Gasteiger partial charge in [0.1, 0.15) is 0 Å². The molecule has 0 aliphatic heterocycles. The number of thiazole rings is 1. The molecule has 1 aromatic rings. The Balaban J connectivity index is 2.83. The molecule has 5 heteroatoms. The minimum absolute atomic E-state index is 0.544. The van der Waals surface area contributed by atoms with Crippen molar-refractivity contribution in [1.82, 2.24) is 10.3 Å². The van der Waals surface area contributed by atoms with E-state index in [4.69, 9.17) is 9.72 Å². The largest absolute Gasteiger partial charge is 0.383 e. The number of nitrogens with one attached hydrogen (secondary N) is 1. The lowest BCUT2D eigenvalue weighted by Gasteiger charge is -2.30. The maximum absolute atomic E-state index is 5.27. The van der Waals surface area contributed by atoms with Crippen molar-refractivity contribution >= 4 is 16.5 Å². The van der Waals surface area contributed by atoms with Crippen LogP contribution in [0.1, 0.15) is 50.6 Å². The maximum Gasteiger partial charge on any atom is 0.186 e. The molecule has 0 aromatic carbocycles. The number of hydrogen-bond donors (Lipinski definition) is 1. The van der Waals surface area contributed by atoms with Gasteiger partial charge < -0.3 is 15.0 Å². The van der Waals surface area contributed by atoms with Crippen LogP contribution >= 0.6 is 11.3 Å². The maximum atomic E-state index is 5.27. The molecular formula is C16H31N3OS. The second-order valence-electron chi connectivity index (χ2n) is 5.34. The van der Waals surface area contributed by atoms with E-state index in [1.54, 1.807) is 7.11 Å². The lowest BCUT2D eigenvalue weighted by molar-refractivity contribution is 0.202. The fourth-order valence-corrected chi connectivity index (χ4v) is 3.56. The highest BCUT2D eigenvalue weighted by Gasteiger charge is 2.20. The second-order valence-corrected chi connectivity index (χ2v) is 6.40. The molecule has 0 radical (unpaired) electrons. The quantitative estimate of drug-likeness (QED) is 0.634. The third-order valence-electron chi connectivity index (χ3n) is 3.76. The Bertz CT molecular complexity index is 391. The molecule has 21 heavy (non-hydrogen) atoms. The summed E-state index contributed by atoms with van der Waals surface area (Å²) in [4.78, 5) is 8.58. The van der Waals surface area contributed by atoms with Crippen molar-refractivity contribution in [2.75, 3.05) is 31.7 Å². The van der Waals surface area contributed by atoms with E-state index in [2.05, 4.69) is 37.9 Å². The van der Waals surface area contributed by atoms with Crippen LogP contribution in [0.4, 0.5) is 5.13 Å². The third kappa shape index (κ3) is 5.57. The van der Waals surface area contributed by atoms with Crippen LogP contribution in [0.3, 0.4) is 0 Å². The van der Waals surface area contributed by atoms with Crippen LogP contribution in [0.5, 0.6) is 0 Å². The van der Waals surface area contributed by atoms with Gasteiger partial charge in [-0.1, -0.05) is 20.8 Å². The number of hydrogen-bond acceptors (Lipinski definition) is 5. The number of ether oxygens (including phenoxy) is 1. The summed E-state index contributed by atoms with van der Waals surface area (Å²) >= 11 is 1.82. The standard InChI is InChI=1S/C16H31N3OS/c1-6-9-17-12-15-13(4)18-16(21-15)19(10-11-20-5)14(7-2)8-3/h14,17H,6-12H2,1-5H3. The molecule has 0 fully saturated rings. The Morgan fingerprint density at radius 1 is 1.29 bits per heavy atom. The van der Waals surface area contributed by atoms with E-state index in [0.717, 1.165) is 49.9 Å². The lowest BCUT2D eigenvalue weighted by atomic mass is 10.1. The number of methoxy groups -OCH3 is 1. The van der Waals surface area contributed by atoms with Gasteiger partial charge in [0, 0.05) is 31.1 Å². The molecule has 1 aromatic heterocycles. The topological polar surface area (TPSA) is 37.4 Å². The Hall–Kier alpha value is -0.650. The predicted octanol–water partition coefficient (Wildman–Crippen LogP) is 3.59. The van der Waals surface area contributed by atoms with Crippen LogP contribution in [0.2, 0.25) is 0 Å². The van der Waals surface area contributed by atoms with Crippen LogP contribution in [-0.2, 0) is 11.3 Å². The first-order valence-corrected chi connectivity index (χ1v) is 8.92. The van der Waals surface area contributed by atoms with Crippen molar-refractivity contribution < 1.29 is 4.74 Å². The number of anilines is 1. The van der Waals surface area contributed by atoms with E-state index < -0.39 is 0 Å². The average molecular weight is 314 g/mol. The fraction of sp³-hybridized carbons (Fsp3) is 0.812. The van der Waals surface area contributed by atoms with E-state index in [1.165, 1.54) is 11.3 Å². The minimum Gasteiger partial charge on any atom is -0.383 e. The zero-order valence-electron chi connectivity index (χ0n) is 14.2. The zero-order valence-corrected chi connectivity index (χ0v) is 15.1. The average Bonchev–Trinajstić information content (AvgIpc) is 2.85. The molecule has 0 aliphatic carbocycles. The van der Waals surface area contributed by atoms with Crippen LogP contribution in [0.25, 0.3) is 0 Å². The minimum atomic E-state index is 0.544. The van der Waals surface area contributed by atoms with Crippen molar-refractivity contribution in [3.05, 3.63) is 10.6 Å². The van der Waals surface area contributed by atoms with E-state index in [-0.39, 0.29) is 0 Å². The SMILES string of the molecule is CCCNCc1sc(N(CCOC)C(CC)CC)nc1C. The fourth-order valence-electron chi connectivity index (χ4n) is 2.43. The van der Waals surface area contributed by atoms with Gasteiger partial charge in [-0.3, -0.25) is 0 Å². The Morgan fingerprint density at radius 3 is 2.57 bits per heavy atom.